The fraction of sp³-hybridized carbons (Fsp3) is 0.0588. The second-order valence-electron chi connectivity index (χ2n) is 5.05. The van der Waals surface area contributed by atoms with Gasteiger partial charge in [-0.3, -0.25) is 20.4 Å². The number of rotatable bonds is 3. The first kappa shape index (κ1) is 15.3. The Kier molecular flexibility index (Phi) is 4.43. The average Bonchev–Trinajstić information content (AvgIpc) is 2.99. The summed E-state index contributed by atoms with van der Waals surface area (Å²) < 4.78 is 0.768. The number of benzene rings is 2. The van der Waals surface area contributed by atoms with Gasteiger partial charge in [0, 0.05) is 10.7 Å². The number of nitrogens with one attached hydrogen (secondary N) is 3. The van der Waals surface area contributed by atoms with Gasteiger partial charge in [0.2, 0.25) is 5.91 Å². The first-order valence-electron chi connectivity index (χ1n) is 7.03. The molecule has 0 unspecified atom stereocenters. The molecule has 0 atom stereocenters. The summed E-state index contributed by atoms with van der Waals surface area (Å²) in [5.74, 6) is -0.678. The fourth-order valence-electron chi connectivity index (χ4n) is 2.36. The third-order valence-electron chi connectivity index (χ3n) is 3.44. The molecule has 23 heavy (non-hydrogen) atoms. The Labute approximate surface area is 141 Å². The SMILES string of the molecule is O=C(Cc1cccc2ccccc12)NNC(=O)c1cc(Br)c[nH]1. The van der Waals surface area contributed by atoms with Crippen molar-refractivity contribution in [2.45, 2.75) is 6.42 Å². The van der Waals surface area contributed by atoms with Crippen LogP contribution in [0.2, 0.25) is 0 Å². The number of H-pyrrole nitrogens is 1. The number of aromatic amines is 1. The lowest BCUT2D eigenvalue weighted by Crippen LogP contribution is -2.42. The van der Waals surface area contributed by atoms with Gasteiger partial charge in [-0.05, 0) is 38.3 Å². The van der Waals surface area contributed by atoms with E-state index < -0.39 is 5.91 Å². The number of hydrogen-bond donors (Lipinski definition) is 3. The quantitative estimate of drug-likeness (QED) is 0.619. The van der Waals surface area contributed by atoms with Crippen LogP contribution < -0.4 is 10.9 Å². The smallest absolute Gasteiger partial charge is 0.286 e. The van der Waals surface area contributed by atoms with Gasteiger partial charge in [0.15, 0.2) is 0 Å². The number of fused-ring (bicyclic) bond motifs is 1. The van der Waals surface area contributed by atoms with Crippen LogP contribution >= 0.6 is 15.9 Å². The van der Waals surface area contributed by atoms with Gasteiger partial charge in [-0.15, -0.1) is 0 Å². The summed E-state index contributed by atoms with van der Waals surface area (Å²) in [6.07, 6.45) is 1.84. The van der Waals surface area contributed by atoms with E-state index in [1.165, 1.54) is 0 Å². The molecule has 0 aliphatic rings. The predicted octanol–water partition coefficient (Wildman–Crippen LogP) is 2.93. The van der Waals surface area contributed by atoms with Gasteiger partial charge in [0.1, 0.15) is 5.69 Å². The molecule has 6 heteroatoms. The lowest BCUT2D eigenvalue weighted by atomic mass is 10.0. The van der Waals surface area contributed by atoms with Crippen molar-refractivity contribution < 1.29 is 9.59 Å². The molecule has 0 saturated heterocycles. The normalized spacial score (nSPS) is 10.5. The summed E-state index contributed by atoms with van der Waals surface area (Å²) in [6.45, 7) is 0. The molecule has 1 aromatic heterocycles. The number of aromatic nitrogens is 1. The second kappa shape index (κ2) is 6.66. The Morgan fingerprint density at radius 3 is 2.61 bits per heavy atom. The van der Waals surface area contributed by atoms with Crippen molar-refractivity contribution in [2.75, 3.05) is 0 Å². The van der Waals surface area contributed by atoms with Crippen LogP contribution in [0.15, 0.2) is 59.2 Å². The molecule has 1 heterocycles. The third-order valence-corrected chi connectivity index (χ3v) is 3.90. The van der Waals surface area contributed by atoms with Crippen molar-refractivity contribution in [3.05, 3.63) is 70.5 Å². The largest absolute Gasteiger partial charge is 0.356 e. The summed E-state index contributed by atoms with van der Waals surface area (Å²) in [4.78, 5) is 26.7. The van der Waals surface area contributed by atoms with Crippen LogP contribution in [-0.4, -0.2) is 16.8 Å². The zero-order chi connectivity index (χ0) is 16.2. The van der Waals surface area contributed by atoms with E-state index in [4.69, 9.17) is 0 Å². The third kappa shape index (κ3) is 3.60. The molecule has 2 amide bonds. The van der Waals surface area contributed by atoms with E-state index >= 15 is 0 Å². The highest BCUT2D eigenvalue weighted by Crippen LogP contribution is 2.18. The number of hydrazine groups is 1. The van der Waals surface area contributed by atoms with E-state index in [0.29, 0.717) is 5.69 Å². The van der Waals surface area contributed by atoms with Crippen molar-refractivity contribution in [1.29, 1.82) is 0 Å². The lowest BCUT2D eigenvalue weighted by molar-refractivity contribution is -0.121. The molecule has 0 fully saturated rings. The monoisotopic (exact) mass is 371 g/mol. The van der Waals surface area contributed by atoms with Crippen LogP contribution in [0.5, 0.6) is 0 Å². The van der Waals surface area contributed by atoms with E-state index in [2.05, 4.69) is 31.8 Å². The Bertz CT molecular complexity index is 868. The first-order valence-corrected chi connectivity index (χ1v) is 7.82. The molecule has 0 aliphatic carbocycles. The topological polar surface area (TPSA) is 74.0 Å². The van der Waals surface area contributed by atoms with Crippen LogP contribution in [0.1, 0.15) is 16.1 Å². The molecule has 3 aromatic rings. The van der Waals surface area contributed by atoms with E-state index in [0.717, 1.165) is 20.8 Å². The van der Waals surface area contributed by atoms with E-state index in [-0.39, 0.29) is 12.3 Å². The molecule has 3 rings (SSSR count). The average molecular weight is 372 g/mol. The van der Waals surface area contributed by atoms with Gasteiger partial charge in [-0.1, -0.05) is 42.5 Å². The molecule has 0 bridgehead atoms. The van der Waals surface area contributed by atoms with E-state index in [9.17, 15) is 9.59 Å². The van der Waals surface area contributed by atoms with Crippen LogP contribution in [0.3, 0.4) is 0 Å². The summed E-state index contributed by atoms with van der Waals surface area (Å²) >= 11 is 3.25. The Hall–Kier alpha value is -2.60. The van der Waals surface area contributed by atoms with Gasteiger partial charge in [0.05, 0.1) is 6.42 Å². The molecule has 0 aliphatic heterocycles. The molecule has 0 radical (unpaired) electrons. The summed E-state index contributed by atoms with van der Waals surface area (Å²) in [5.41, 5.74) is 6.10. The maximum Gasteiger partial charge on any atom is 0.286 e. The Morgan fingerprint density at radius 2 is 1.83 bits per heavy atom. The minimum absolute atomic E-state index is 0.191. The lowest BCUT2D eigenvalue weighted by Gasteiger charge is -2.08. The van der Waals surface area contributed by atoms with Crippen molar-refractivity contribution in [2.24, 2.45) is 0 Å². The maximum atomic E-state index is 12.1. The van der Waals surface area contributed by atoms with Gasteiger partial charge in [-0.2, -0.15) is 0 Å². The van der Waals surface area contributed by atoms with Crippen molar-refractivity contribution in [3.63, 3.8) is 0 Å². The summed E-state index contributed by atoms with van der Waals surface area (Å²) in [7, 11) is 0. The molecule has 0 spiro atoms. The molecule has 116 valence electrons. The molecule has 5 nitrogen and oxygen atoms in total. The zero-order valence-corrected chi connectivity index (χ0v) is 13.7. The molecule has 3 N–H and O–H groups in total. The van der Waals surface area contributed by atoms with Crippen molar-refractivity contribution in [3.8, 4) is 0 Å². The molecular weight excluding hydrogens is 358 g/mol. The van der Waals surface area contributed by atoms with E-state index in [1.54, 1.807) is 12.3 Å². The van der Waals surface area contributed by atoms with Crippen LogP contribution in [0, 0.1) is 0 Å². The van der Waals surface area contributed by atoms with Crippen LogP contribution in [0.25, 0.3) is 10.8 Å². The Morgan fingerprint density at radius 1 is 1.04 bits per heavy atom. The van der Waals surface area contributed by atoms with Crippen molar-refractivity contribution >= 4 is 38.5 Å². The highest BCUT2D eigenvalue weighted by molar-refractivity contribution is 9.10. The van der Waals surface area contributed by atoms with Crippen molar-refractivity contribution in [1.82, 2.24) is 15.8 Å². The Balaban J connectivity index is 1.64. The molecule has 0 saturated carbocycles. The van der Waals surface area contributed by atoms with Gasteiger partial charge >= 0.3 is 0 Å². The van der Waals surface area contributed by atoms with Gasteiger partial charge in [0.25, 0.3) is 5.91 Å². The second-order valence-corrected chi connectivity index (χ2v) is 5.96. The summed E-state index contributed by atoms with van der Waals surface area (Å²) in [5, 5.41) is 2.11. The number of hydrogen-bond acceptors (Lipinski definition) is 2. The first-order chi connectivity index (χ1) is 11.1. The molecular formula is C17H14BrN3O2. The highest BCUT2D eigenvalue weighted by atomic mass is 79.9. The number of carbonyl (C=O) groups is 2. The van der Waals surface area contributed by atoms with Gasteiger partial charge in [-0.25, -0.2) is 0 Å². The molecule has 2 aromatic carbocycles. The number of amides is 2. The minimum atomic E-state index is -0.401. The maximum absolute atomic E-state index is 12.1. The minimum Gasteiger partial charge on any atom is -0.356 e. The predicted molar refractivity (Wildman–Crippen MR) is 91.8 cm³/mol. The van der Waals surface area contributed by atoms with Gasteiger partial charge < -0.3 is 4.98 Å². The fourth-order valence-corrected chi connectivity index (χ4v) is 2.70. The highest BCUT2D eigenvalue weighted by Gasteiger charge is 2.10. The van der Waals surface area contributed by atoms with Crippen LogP contribution in [0.4, 0.5) is 0 Å². The zero-order valence-electron chi connectivity index (χ0n) is 12.1. The standard InChI is InChI=1S/C17H14BrN3O2/c18-13-9-15(19-10-13)17(23)21-20-16(22)8-12-6-3-5-11-4-1-2-7-14(11)12/h1-7,9-10,19H,8H2,(H,20,22)(H,21,23). The number of halogens is 1. The number of carbonyl (C=O) groups excluding carboxylic acids is 2. The van der Waals surface area contributed by atoms with E-state index in [1.807, 2.05) is 42.5 Å². The van der Waals surface area contributed by atoms with Crippen LogP contribution in [-0.2, 0) is 11.2 Å². The summed E-state index contributed by atoms with van der Waals surface area (Å²) in [6, 6.07) is 15.3.